The van der Waals surface area contributed by atoms with Crippen LogP contribution in [-0.4, -0.2) is 54.7 Å². The van der Waals surface area contributed by atoms with Gasteiger partial charge in [-0.2, -0.15) is 0 Å². The number of hydrogen-bond acceptors (Lipinski definition) is 6. The maximum absolute atomic E-state index is 5.54. The lowest BCUT2D eigenvalue weighted by atomic mass is 10.1. The molecule has 0 radical (unpaired) electrons. The fourth-order valence-corrected chi connectivity index (χ4v) is 2.22. The fourth-order valence-electron chi connectivity index (χ4n) is 1.67. The molecule has 1 aromatic carbocycles. The van der Waals surface area contributed by atoms with Gasteiger partial charge in [0.15, 0.2) is 13.6 Å². The van der Waals surface area contributed by atoms with Gasteiger partial charge >= 0.3 is 0 Å². The van der Waals surface area contributed by atoms with E-state index in [1.807, 2.05) is 6.07 Å². The van der Waals surface area contributed by atoms with Crippen molar-refractivity contribution in [3.63, 3.8) is 0 Å². The molecule has 126 valence electrons. The summed E-state index contributed by atoms with van der Waals surface area (Å²) in [6.45, 7) is 2.08. The van der Waals surface area contributed by atoms with E-state index >= 15 is 0 Å². The summed E-state index contributed by atoms with van der Waals surface area (Å²) >= 11 is 3.55. The van der Waals surface area contributed by atoms with Gasteiger partial charge in [0.2, 0.25) is 0 Å². The Labute approximate surface area is 139 Å². The van der Waals surface area contributed by atoms with Crippen molar-refractivity contribution in [3.05, 3.63) is 22.2 Å². The van der Waals surface area contributed by atoms with Gasteiger partial charge < -0.3 is 28.4 Å². The first-order chi connectivity index (χ1) is 10.7. The molecule has 0 aliphatic carbocycles. The molecular weight excluding hydrogens is 356 g/mol. The summed E-state index contributed by atoms with van der Waals surface area (Å²) in [6.07, 6.45) is 0.720. The van der Waals surface area contributed by atoms with Gasteiger partial charge in [-0.05, 0) is 34.0 Å². The van der Waals surface area contributed by atoms with Crippen molar-refractivity contribution in [2.45, 2.75) is 6.42 Å². The minimum absolute atomic E-state index is 0.163. The molecular formula is C15H23BrO6. The van der Waals surface area contributed by atoms with Gasteiger partial charge in [-0.3, -0.25) is 0 Å². The predicted molar refractivity (Wildman–Crippen MR) is 85.5 cm³/mol. The summed E-state index contributed by atoms with van der Waals surface area (Å²) in [4.78, 5) is 0. The van der Waals surface area contributed by atoms with Crippen LogP contribution in [0.3, 0.4) is 0 Å². The van der Waals surface area contributed by atoms with Gasteiger partial charge in [0, 0.05) is 27.4 Å². The van der Waals surface area contributed by atoms with E-state index in [1.165, 1.54) is 0 Å². The molecule has 0 aliphatic heterocycles. The zero-order valence-electron chi connectivity index (χ0n) is 13.2. The molecule has 0 fully saturated rings. The van der Waals surface area contributed by atoms with Crippen molar-refractivity contribution >= 4 is 15.9 Å². The average Bonchev–Trinajstić information content (AvgIpc) is 2.53. The Balaban J connectivity index is 2.73. The zero-order chi connectivity index (χ0) is 16.2. The molecule has 1 rings (SSSR count). The van der Waals surface area contributed by atoms with E-state index < -0.39 is 0 Å². The van der Waals surface area contributed by atoms with Gasteiger partial charge in [-0.1, -0.05) is 0 Å². The molecule has 6 nitrogen and oxygen atoms in total. The topological polar surface area (TPSA) is 55.4 Å². The van der Waals surface area contributed by atoms with Crippen molar-refractivity contribution in [2.75, 3.05) is 54.7 Å². The molecule has 22 heavy (non-hydrogen) atoms. The highest BCUT2D eigenvalue weighted by atomic mass is 79.9. The Kier molecular flexibility index (Phi) is 10.2. The van der Waals surface area contributed by atoms with E-state index in [4.69, 9.17) is 28.4 Å². The van der Waals surface area contributed by atoms with Crippen molar-refractivity contribution in [1.82, 2.24) is 0 Å². The normalized spacial score (nSPS) is 10.7. The summed E-state index contributed by atoms with van der Waals surface area (Å²) in [5.41, 5.74) is 1.03. The molecule has 0 saturated heterocycles. The van der Waals surface area contributed by atoms with E-state index in [9.17, 15) is 0 Å². The lowest BCUT2D eigenvalue weighted by Crippen LogP contribution is -2.07. The highest BCUT2D eigenvalue weighted by Gasteiger charge is 2.11. The van der Waals surface area contributed by atoms with Gasteiger partial charge in [-0.25, -0.2) is 0 Å². The lowest BCUT2D eigenvalue weighted by Gasteiger charge is -2.14. The number of benzene rings is 1. The van der Waals surface area contributed by atoms with E-state index in [0.717, 1.165) is 16.5 Å². The third-order valence-electron chi connectivity index (χ3n) is 2.71. The zero-order valence-corrected chi connectivity index (χ0v) is 14.8. The molecule has 1 aromatic rings. The first-order valence-corrected chi connectivity index (χ1v) is 7.64. The SMILES string of the molecule is COCCOCCc1cc(OCOC)cc(OCOC)c1Br. The molecule has 0 aliphatic rings. The molecule has 0 amide bonds. The van der Waals surface area contributed by atoms with Crippen LogP contribution in [-0.2, 0) is 25.4 Å². The number of halogens is 1. The van der Waals surface area contributed by atoms with Crippen LogP contribution in [0.15, 0.2) is 16.6 Å². The molecule has 0 spiro atoms. The summed E-state index contributed by atoms with van der Waals surface area (Å²) in [6, 6.07) is 3.72. The maximum atomic E-state index is 5.54. The molecule has 0 heterocycles. The molecule has 0 saturated carbocycles. The van der Waals surface area contributed by atoms with Crippen LogP contribution in [0.5, 0.6) is 11.5 Å². The van der Waals surface area contributed by atoms with Gasteiger partial charge in [-0.15, -0.1) is 0 Å². The van der Waals surface area contributed by atoms with Crippen molar-refractivity contribution in [1.29, 1.82) is 0 Å². The second kappa shape index (κ2) is 11.7. The fraction of sp³-hybridized carbons (Fsp3) is 0.600. The number of rotatable bonds is 12. The van der Waals surface area contributed by atoms with Crippen LogP contribution in [0.25, 0.3) is 0 Å². The van der Waals surface area contributed by atoms with E-state index in [2.05, 4.69) is 15.9 Å². The Hall–Kier alpha value is -0.860. The van der Waals surface area contributed by atoms with Crippen LogP contribution in [0.1, 0.15) is 5.56 Å². The standard InChI is InChI=1S/C15H23BrO6/c1-17-6-7-20-5-4-12-8-13(21-10-18-2)9-14(15(12)16)22-11-19-3/h8-9H,4-7,10-11H2,1-3H3. The molecule has 0 unspecified atom stereocenters. The van der Waals surface area contributed by atoms with Gasteiger partial charge in [0.05, 0.1) is 24.3 Å². The van der Waals surface area contributed by atoms with Crippen LogP contribution in [0.4, 0.5) is 0 Å². The van der Waals surface area contributed by atoms with E-state index in [-0.39, 0.29) is 13.6 Å². The summed E-state index contributed by atoms with van der Waals surface area (Å²) in [5, 5.41) is 0. The molecule has 0 aromatic heterocycles. The van der Waals surface area contributed by atoms with Crippen molar-refractivity contribution < 1.29 is 28.4 Å². The van der Waals surface area contributed by atoms with Crippen LogP contribution in [0.2, 0.25) is 0 Å². The van der Waals surface area contributed by atoms with Crippen LogP contribution < -0.4 is 9.47 Å². The highest BCUT2D eigenvalue weighted by molar-refractivity contribution is 9.10. The van der Waals surface area contributed by atoms with Gasteiger partial charge in [0.1, 0.15) is 11.5 Å². The number of ether oxygens (including phenoxy) is 6. The smallest absolute Gasteiger partial charge is 0.188 e. The molecule has 0 N–H and O–H groups in total. The molecule has 0 bridgehead atoms. The largest absolute Gasteiger partial charge is 0.467 e. The Morgan fingerprint density at radius 2 is 1.59 bits per heavy atom. The van der Waals surface area contributed by atoms with Crippen molar-refractivity contribution in [2.24, 2.45) is 0 Å². The quantitative estimate of drug-likeness (QED) is 0.411. The second-order valence-corrected chi connectivity index (χ2v) is 5.14. The maximum Gasteiger partial charge on any atom is 0.188 e. The highest BCUT2D eigenvalue weighted by Crippen LogP contribution is 2.34. The third-order valence-corrected chi connectivity index (χ3v) is 3.61. The average molecular weight is 379 g/mol. The van der Waals surface area contributed by atoms with Crippen LogP contribution in [0, 0.1) is 0 Å². The molecule has 7 heteroatoms. The van der Waals surface area contributed by atoms with E-state index in [0.29, 0.717) is 31.3 Å². The third kappa shape index (κ3) is 6.93. The van der Waals surface area contributed by atoms with Crippen molar-refractivity contribution in [3.8, 4) is 11.5 Å². The minimum Gasteiger partial charge on any atom is -0.467 e. The van der Waals surface area contributed by atoms with E-state index in [1.54, 1.807) is 27.4 Å². The summed E-state index contributed by atoms with van der Waals surface area (Å²) in [7, 11) is 4.80. The summed E-state index contributed by atoms with van der Waals surface area (Å²) < 4.78 is 32.2. The number of hydrogen-bond donors (Lipinski definition) is 0. The summed E-state index contributed by atoms with van der Waals surface area (Å²) in [5.74, 6) is 1.32. The Morgan fingerprint density at radius 1 is 0.864 bits per heavy atom. The monoisotopic (exact) mass is 378 g/mol. The van der Waals surface area contributed by atoms with Gasteiger partial charge in [0.25, 0.3) is 0 Å². The Bertz CT molecular complexity index is 427. The first-order valence-electron chi connectivity index (χ1n) is 6.85. The molecule has 0 atom stereocenters. The Morgan fingerprint density at radius 3 is 2.27 bits per heavy atom. The minimum atomic E-state index is 0.163. The predicted octanol–water partition coefficient (Wildman–Crippen LogP) is 2.62. The van der Waals surface area contributed by atoms with Crippen LogP contribution >= 0.6 is 15.9 Å². The first kappa shape index (κ1) is 19.2. The number of methoxy groups -OCH3 is 3. The second-order valence-electron chi connectivity index (χ2n) is 4.35. The lowest BCUT2D eigenvalue weighted by molar-refractivity contribution is 0.0454.